The number of thiazole rings is 1. The van der Waals surface area contributed by atoms with Crippen LogP contribution in [0.15, 0.2) is 54.6 Å². The first-order valence-corrected chi connectivity index (χ1v) is 7.09. The molecule has 0 radical (unpaired) electrons. The van der Waals surface area contributed by atoms with Gasteiger partial charge in [-0.05, 0) is 12.1 Å². The van der Waals surface area contributed by atoms with Crippen LogP contribution in [-0.2, 0) is 0 Å². The van der Waals surface area contributed by atoms with Crippen LogP contribution < -0.4 is 5.73 Å². The summed E-state index contributed by atoms with van der Waals surface area (Å²) >= 11 is 1.07. The maximum absolute atomic E-state index is 13.8. The number of hydrogen-bond acceptors (Lipinski definition) is 4. The van der Waals surface area contributed by atoms with E-state index in [1.807, 2.05) is 30.3 Å². The first kappa shape index (κ1) is 13.5. The molecule has 0 aliphatic carbocycles. The second-order valence-electron chi connectivity index (χ2n) is 4.40. The molecule has 3 nitrogen and oxygen atoms in total. The number of nitrogen functional groups attached to an aromatic ring is 1. The number of carbonyl (C=O) groups is 1. The zero-order chi connectivity index (χ0) is 14.8. The minimum absolute atomic E-state index is 0.0262. The van der Waals surface area contributed by atoms with E-state index in [4.69, 9.17) is 5.73 Å². The molecular weight excluding hydrogens is 287 g/mol. The van der Waals surface area contributed by atoms with Crippen LogP contribution in [0.25, 0.3) is 11.3 Å². The topological polar surface area (TPSA) is 56.0 Å². The lowest BCUT2D eigenvalue weighted by atomic mass is 10.0. The highest BCUT2D eigenvalue weighted by molar-refractivity contribution is 7.18. The average molecular weight is 298 g/mol. The Bertz CT molecular complexity index is 799. The highest BCUT2D eigenvalue weighted by atomic mass is 32.1. The molecule has 0 aliphatic heterocycles. The molecule has 2 aromatic carbocycles. The van der Waals surface area contributed by atoms with Gasteiger partial charge >= 0.3 is 0 Å². The third kappa shape index (κ3) is 2.55. The molecule has 3 aromatic rings. The Balaban J connectivity index is 2.12. The Morgan fingerprint density at radius 2 is 1.71 bits per heavy atom. The Kier molecular flexibility index (Phi) is 3.50. The number of carbonyl (C=O) groups excluding carboxylic acids is 1. The molecule has 0 fully saturated rings. The number of aromatic nitrogens is 1. The van der Waals surface area contributed by atoms with Gasteiger partial charge in [-0.2, -0.15) is 0 Å². The molecule has 0 atom stereocenters. The summed E-state index contributed by atoms with van der Waals surface area (Å²) in [4.78, 5) is 17.1. The van der Waals surface area contributed by atoms with Gasteiger partial charge < -0.3 is 5.73 Å². The first-order valence-electron chi connectivity index (χ1n) is 6.28. The monoisotopic (exact) mass is 298 g/mol. The van der Waals surface area contributed by atoms with E-state index in [1.165, 1.54) is 12.1 Å². The van der Waals surface area contributed by atoms with Gasteiger partial charge in [-0.1, -0.05) is 53.8 Å². The SMILES string of the molecule is Nc1nc(-c2ccccc2)c(C(=O)c2ccccc2F)s1. The second kappa shape index (κ2) is 5.46. The van der Waals surface area contributed by atoms with Crippen molar-refractivity contribution in [2.24, 2.45) is 0 Å². The fraction of sp³-hybridized carbons (Fsp3) is 0. The van der Waals surface area contributed by atoms with Crippen molar-refractivity contribution in [2.75, 3.05) is 5.73 Å². The molecule has 0 saturated carbocycles. The summed E-state index contributed by atoms with van der Waals surface area (Å²) in [7, 11) is 0. The lowest BCUT2D eigenvalue weighted by Gasteiger charge is -2.03. The van der Waals surface area contributed by atoms with E-state index in [0.29, 0.717) is 10.6 Å². The number of halogens is 1. The van der Waals surface area contributed by atoms with Gasteiger partial charge in [-0.15, -0.1) is 0 Å². The van der Waals surface area contributed by atoms with Gasteiger partial charge in [-0.3, -0.25) is 4.79 Å². The summed E-state index contributed by atoms with van der Waals surface area (Å²) in [5, 5.41) is 0.286. The van der Waals surface area contributed by atoms with Crippen molar-refractivity contribution in [2.45, 2.75) is 0 Å². The van der Waals surface area contributed by atoms with Crippen molar-refractivity contribution >= 4 is 22.3 Å². The molecule has 0 spiro atoms. The molecular formula is C16H11FN2OS. The van der Waals surface area contributed by atoms with E-state index >= 15 is 0 Å². The molecule has 3 rings (SSSR count). The standard InChI is InChI=1S/C16H11FN2OS/c17-12-9-5-4-8-11(12)14(20)15-13(19-16(18)21-15)10-6-2-1-3-7-10/h1-9H,(H2,18,19). The van der Waals surface area contributed by atoms with Crippen molar-refractivity contribution in [1.82, 2.24) is 4.98 Å². The predicted molar refractivity (Wildman–Crippen MR) is 81.8 cm³/mol. The normalized spacial score (nSPS) is 10.5. The number of nitrogens with zero attached hydrogens (tertiary/aromatic N) is 1. The zero-order valence-electron chi connectivity index (χ0n) is 10.9. The van der Waals surface area contributed by atoms with E-state index in [-0.39, 0.29) is 10.7 Å². The second-order valence-corrected chi connectivity index (χ2v) is 5.44. The van der Waals surface area contributed by atoms with Crippen molar-refractivity contribution in [1.29, 1.82) is 0 Å². The molecule has 0 saturated heterocycles. The Morgan fingerprint density at radius 1 is 1.05 bits per heavy atom. The average Bonchev–Trinajstić information content (AvgIpc) is 2.90. The van der Waals surface area contributed by atoms with Gasteiger partial charge in [-0.25, -0.2) is 9.37 Å². The largest absolute Gasteiger partial charge is 0.375 e. The van der Waals surface area contributed by atoms with Crippen LogP contribution in [0.5, 0.6) is 0 Å². The molecule has 104 valence electrons. The smallest absolute Gasteiger partial charge is 0.208 e. The van der Waals surface area contributed by atoms with Crippen LogP contribution in [0.1, 0.15) is 15.2 Å². The van der Waals surface area contributed by atoms with Crippen LogP contribution >= 0.6 is 11.3 Å². The van der Waals surface area contributed by atoms with Crippen molar-refractivity contribution in [3.63, 3.8) is 0 Å². The number of rotatable bonds is 3. The van der Waals surface area contributed by atoms with Gasteiger partial charge in [0.15, 0.2) is 5.13 Å². The van der Waals surface area contributed by atoms with Crippen molar-refractivity contribution < 1.29 is 9.18 Å². The minimum atomic E-state index is -0.548. The van der Waals surface area contributed by atoms with Crippen LogP contribution in [-0.4, -0.2) is 10.8 Å². The van der Waals surface area contributed by atoms with Gasteiger partial charge in [0.1, 0.15) is 10.7 Å². The third-order valence-corrected chi connectivity index (χ3v) is 3.90. The molecule has 0 unspecified atom stereocenters. The fourth-order valence-corrected chi connectivity index (χ4v) is 2.86. The number of ketones is 1. The van der Waals surface area contributed by atoms with Crippen LogP contribution in [0.2, 0.25) is 0 Å². The van der Waals surface area contributed by atoms with Gasteiger partial charge in [0.25, 0.3) is 0 Å². The molecule has 2 N–H and O–H groups in total. The summed E-state index contributed by atoms with van der Waals surface area (Å²) in [6.45, 7) is 0. The van der Waals surface area contributed by atoms with Crippen LogP contribution in [0, 0.1) is 5.82 Å². The third-order valence-electron chi connectivity index (χ3n) is 3.02. The fourth-order valence-electron chi connectivity index (χ4n) is 2.05. The van der Waals surface area contributed by atoms with E-state index in [9.17, 15) is 9.18 Å². The lowest BCUT2D eigenvalue weighted by molar-refractivity contribution is 0.103. The summed E-state index contributed by atoms with van der Waals surface area (Å²) in [5.41, 5.74) is 7.03. The molecule has 1 heterocycles. The summed E-state index contributed by atoms with van der Waals surface area (Å²) < 4.78 is 13.8. The summed E-state index contributed by atoms with van der Waals surface area (Å²) in [6, 6.07) is 15.2. The van der Waals surface area contributed by atoms with Crippen LogP contribution in [0.3, 0.4) is 0 Å². The van der Waals surface area contributed by atoms with E-state index < -0.39 is 11.6 Å². The quantitative estimate of drug-likeness (QED) is 0.749. The molecule has 0 bridgehead atoms. The van der Waals surface area contributed by atoms with Gasteiger partial charge in [0, 0.05) is 5.56 Å². The maximum atomic E-state index is 13.8. The van der Waals surface area contributed by atoms with Crippen molar-refractivity contribution in [3.05, 3.63) is 70.9 Å². The number of hydrogen-bond donors (Lipinski definition) is 1. The molecule has 0 aliphatic rings. The summed E-state index contributed by atoms with van der Waals surface area (Å²) in [5.74, 6) is -0.949. The highest BCUT2D eigenvalue weighted by Gasteiger charge is 2.22. The van der Waals surface area contributed by atoms with Gasteiger partial charge in [0.05, 0.1) is 11.3 Å². The molecule has 5 heteroatoms. The Morgan fingerprint density at radius 3 is 2.43 bits per heavy atom. The minimum Gasteiger partial charge on any atom is -0.375 e. The first-order chi connectivity index (χ1) is 10.2. The highest BCUT2D eigenvalue weighted by Crippen LogP contribution is 2.31. The van der Waals surface area contributed by atoms with Crippen LogP contribution in [0.4, 0.5) is 9.52 Å². The lowest BCUT2D eigenvalue weighted by Crippen LogP contribution is -2.03. The number of anilines is 1. The molecule has 21 heavy (non-hydrogen) atoms. The van der Waals surface area contributed by atoms with E-state index in [1.54, 1.807) is 12.1 Å². The number of nitrogens with two attached hydrogens (primary N) is 1. The van der Waals surface area contributed by atoms with E-state index in [0.717, 1.165) is 16.9 Å². The number of benzene rings is 2. The molecule has 1 aromatic heterocycles. The Labute approximate surface area is 124 Å². The van der Waals surface area contributed by atoms with Crippen molar-refractivity contribution in [3.8, 4) is 11.3 Å². The summed E-state index contributed by atoms with van der Waals surface area (Å²) in [6.07, 6.45) is 0. The van der Waals surface area contributed by atoms with E-state index in [2.05, 4.69) is 4.98 Å². The van der Waals surface area contributed by atoms with Gasteiger partial charge in [0.2, 0.25) is 5.78 Å². The maximum Gasteiger partial charge on any atom is 0.208 e. The zero-order valence-corrected chi connectivity index (χ0v) is 11.7. The predicted octanol–water partition coefficient (Wildman–Crippen LogP) is 3.76. The Hall–Kier alpha value is -2.53. The molecule has 0 amide bonds.